The smallest absolute Gasteiger partial charge is 0.259 e. The number of rotatable bonds is 5. The van der Waals surface area contributed by atoms with Crippen LogP contribution in [0.25, 0.3) is 22.4 Å². The molecule has 4 rings (SSSR count). The summed E-state index contributed by atoms with van der Waals surface area (Å²) in [4.78, 5) is 21.3. The third kappa shape index (κ3) is 3.18. The number of hydrogen-bond donors (Lipinski definition) is 2. The lowest BCUT2D eigenvalue weighted by Crippen LogP contribution is -2.13. The second-order valence-corrected chi connectivity index (χ2v) is 6.48. The van der Waals surface area contributed by atoms with Gasteiger partial charge >= 0.3 is 0 Å². The number of benzene rings is 1. The van der Waals surface area contributed by atoms with Gasteiger partial charge in [-0.05, 0) is 32.0 Å². The summed E-state index contributed by atoms with van der Waals surface area (Å²) < 4.78 is 7.14. The van der Waals surface area contributed by atoms with E-state index in [9.17, 15) is 4.79 Å². The fourth-order valence-electron chi connectivity index (χ4n) is 2.89. The number of nitrogens with zero attached hydrogens (tertiary/aromatic N) is 5. The van der Waals surface area contributed by atoms with Gasteiger partial charge in [0.05, 0.1) is 24.4 Å². The van der Waals surface area contributed by atoms with Gasteiger partial charge in [0.2, 0.25) is 5.95 Å². The Kier molecular flexibility index (Phi) is 4.48. The lowest BCUT2D eigenvalue weighted by molar-refractivity contribution is 0.102. The van der Waals surface area contributed by atoms with Crippen molar-refractivity contribution in [3.8, 4) is 17.1 Å². The topological polar surface area (TPSA) is 111 Å². The number of para-hydroxylation sites is 1. The van der Waals surface area contributed by atoms with Gasteiger partial charge in [0.25, 0.3) is 5.91 Å². The lowest BCUT2D eigenvalue weighted by atomic mass is 10.2. The number of fused-ring (bicyclic) bond motifs is 1. The van der Waals surface area contributed by atoms with Crippen LogP contribution in [0.1, 0.15) is 30.2 Å². The van der Waals surface area contributed by atoms with Gasteiger partial charge in [-0.2, -0.15) is 10.1 Å². The van der Waals surface area contributed by atoms with Gasteiger partial charge in [-0.3, -0.25) is 15.2 Å². The predicted octanol–water partition coefficient (Wildman–Crippen LogP) is 3.06. The van der Waals surface area contributed by atoms with Gasteiger partial charge in [0, 0.05) is 17.6 Å². The zero-order valence-corrected chi connectivity index (χ0v) is 15.7. The van der Waals surface area contributed by atoms with Crippen molar-refractivity contribution in [2.45, 2.75) is 19.9 Å². The molecule has 0 aliphatic heterocycles. The molecule has 0 atom stereocenters. The van der Waals surface area contributed by atoms with Crippen molar-refractivity contribution >= 4 is 22.9 Å². The monoisotopic (exact) mass is 377 g/mol. The molecule has 0 saturated heterocycles. The molecule has 0 unspecified atom stereocenters. The second kappa shape index (κ2) is 7.10. The summed E-state index contributed by atoms with van der Waals surface area (Å²) in [6.45, 7) is 4.05. The molecule has 0 aliphatic carbocycles. The minimum Gasteiger partial charge on any atom is -0.496 e. The average Bonchev–Trinajstić information content (AvgIpc) is 3.34. The normalized spacial score (nSPS) is 11.1. The Balaban J connectivity index is 1.56. The van der Waals surface area contributed by atoms with E-state index in [-0.39, 0.29) is 17.9 Å². The number of carbonyl (C=O) groups is 1. The number of ether oxygens (including phenoxy) is 1. The number of H-pyrrole nitrogens is 1. The second-order valence-electron chi connectivity index (χ2n) is 6.48. The maximum Gasteiger partial charge on any atom is 0.259 e. The highest BCUT2D eigenvalue weighted by atomic mass is 16.5. The summed E-state index contributed by atoms with van der Waals surface area (Å²) in [5.74, 6) is 0.981. The molecule has 142 valence electrons. The van der Waals surface area contributed by atoms with Crippen LogP contribution in [-0.2, 0) is 0 Å². The van der Waals surface area contributed by atoms with E-state index in [2.05, 4.69) is 30.6 Å². The summed E-state index contributed by atoms with van der Waals surface area (Å²) in [6, 6.07) is 9.36. The molecule has 3 heterocycles. The predicted molar refractivity (Wildman–Crippen MR) is 104 cm³/mol. The Labute approximate surface area is 160 Å². The molecule has 0 radical (unpaired) electrons. The molecule has 3 aromatic heterocycles. The zero-order chi connectivity index (χ0) is 19.7. The van der Waals surface area contributed by atoms with Crippen LogP contribution in [0.3, 0.4) is 0 Å². The number of nitrogens with one attached hydrogen (secondary N) is 2. The maximum absolute atomic E-state index is 12.6. The summed E-state index contributed by atoms with van der Waals surface area (Å²) in [5, 5.41) is 14.7. The summed E-state index contributed by atoms with van der Waals surface area (Å²) in [5.41, 5.74) is 1.89. The highest BCUT2D eigenvalue weighted by Crippen LogP contribution is 2.27. The maximum atomic E-state index is 12.6. The largest absolute Gasteiger partial charge is 0.496 e. The molecule has 0 bridgehead atoms. The van der Waals surface area contributed by atoms with Crippen molar-refractivity contribution in [3.63, 3.8) is 0 Å². The standard InChI is InChI=1S/C19H19N7O2/c1-11(2)26-17-12(10-21-26)8-13(9-20-17)18(27)23-19-22-16(24-25-19)14-6-4-5-7-15(14)28-3/h4-11H,1-3H3,(H2,22,23,24,25,27). The molecule has 0 saturated carbocycles. The van der Waals surface area contributed by atoms with Gasteiger partial charge in [0.15, 0.2) is 11.5 Å². The van der Waals surface area contributed by atoms with Crippen molar-refractivity contribution in [2.75, 3.05) is 12.4 Å². The van der Waals surface area contributed by atoms with Crippen LogP contribution in [0.15, 0.2) is 42.7 Å². The Morgan fingerprint density at radius 1 is 1.25 bits per heavy atom. The summed E-state index contributed by atoms with van der Waals surface area (Å²) in [7, 11) is 1.59. The van der Waals surface area contributed by atoms with Gasteiger partial charge < -0.3 is 4.74 Å². The van der Waals surface area contributed by atoms with Gasteiger partial charge in [-0.1, -0.05) is 12.1 Å². The van der Waals surface area contributed by atoms with Crippen LogP contribution in [0, 0.1) is 0 Å². The number of hydrogen-bond acceptors (Lipinski definition) is 6. The Bertz CT molecular complexity index is 1150. The molecule has 9 nitrogen and oxygen atoms in total. The zero-order valence-electron chi connectivity index (χ0n) is 15.7. The van der Waals surface area contributed by atoms with E-state index in [1.165, 1.54) is 6.20 Å². The number of anilines is 1. The molecule has 0 spiro atoms. The van der Waals surface area contributed by atoms with Crippen LogP contribution in [0.4, 0.5) is 5.95 Å². The number of aromatic nitrogens is 6. The fraction of sp³-hybridized carbons (Fsp3) is 0.211. The number of methoxy groups -OCH3 is 1. The first-order chi connectivity index (χ1) is 13.6. The Morgan fingerprint density at radius 2 is 2.07 bits per heavy atom. The number of carbonyl (C=O) groups excluding carboxylic acids is 1. The van der Waals surface area contributed by atoms with E-state index >= 15 is 0 Å². The first-order valence-corrected chi connectivity index (χ1v) is 8.77. The van der Waals surface area contributed by atoms with Crippen molar-refractivity contribution in [3.05, 3.63) is 48.3 Å². The van der Waals surface area contributed by atoms with E-state index in [4.69, 9.17) is 4.74 Å². The van der Waals surface area contributed by atoms with E-state index in [1.807, 2.05) is 42.8 Å². The Morgan fingerprint density at radius 3 is 2.86 bits per heavy atom. The van der Waals surface area contributed by atoms with Crippen LogP contribution < -0.4 is 10.1 Å². The van der Waals surface area contributed by atoms with Crippen molar-refractivity contribution in [1.82, 2.24) is 29.9 Å². The molecule has 1 aromatic carbocycles. The van der Waals surface area contributed by atoms with Crippen LogP contribution >= 0.6 is 0 Å². The van der Waals surface area contributed by atoms with Gasteiger partial charge in [0.1, 0.15) is 5.75 Å². The highest BCUT2D eigenvalue weighted by molar-refractivity contribution is 6.04. The molecule has 4 aromatic rings. The number of pyridine rings is 1. The van der Waals surface area contributed by atoms with E-state index in [0.29, 0.717) is 17.1 Å². The molecule has 1 amide bonds. The van der Waals surface area contributed by atoms with Crippen molar-refractivity contribution in [2.24, 2.45) is 0 Å². The minimum absolute atomic E-state index is 0.170. The number of amides is 1. The van der Waals surface area contributed by atoms with E-state index < -0.39 is 0 Å². The van der Waals surface area contributed by atoms with Gasteiger partial charge in [-0.15, -0.1) is 5.10 Å². The van der Waals surface area contributed by atoms with E-state index in [1.54, 1.807) is 19.4 Å². The van der Waals surface area contributed by atoms with Crippen LogP contribution in [0.5, 0.6) is 5.75 Å². The molecule has 28 heavy (non-hydrogen) atoms. The first-order valence-electron chi connectivity index (χ1n) is 8.77. The van der Waals surface area contributed by atoms with Crippen LogP contribution in [0.2, 0.25) is 0 Å². The molecular weight excluding hydrogens is 358 g/mol. The Hall–Kier alpha value is -3.75. The number of aromatic amines is 1. The molecule has 0 aliphatic rings. The van der Waals surface area contributed by atoms with E-state index in [0.717, 1.165) is 16.6 Å². The minimum atomic E-state index is -0.350. The first kappa shape index (κ1) is 17.7. The summed E-state index contributed by atoms with van der Waals surface area (Å²) in [6.07, 6.45) is 3.22. The third-order valence-corrected chi connectivity index (χ3v) is 4.26. The molecular formula is C19H19N7O2. The SMILES string of the molecule is COc1ccccc1-c1nc(NC(=O)c2cnc3c(cnn3C(C)C)c2)n[nH]1. The lowest BCUT2D eigenvalue weighted by Gasteiger charge is -2.06. The fourth-order valence-corrected chi connectivity index (χ4v) is 2.89. The average molecular weight is 377 g/mol. The quantitative estimate of drug-likeness (QED) is 0.553. The van der Waals surface area contributed by atoms with Gasteiger partial charge in [-0.25, -0.2) is 9.67 Å². The molecule has 9 heteroatoms. The third-order valence-electron chi connectivity index (χ3n) is 4.26. The summed E-state index contributed by atoms with van der Waals surface area (Å²) >= 11 is 0. The van der Waals surface area contributed by atoms with Crippen molar-refractivity contribution < 1.29 is 9.53 Å². The van der Waals surface area contributed by atoms with Crippen LogP contribution in [-0.4, -0.2) is 43.0 Å². The highest BCUT2D eigenvalue weighted by Gasteiger charge is 2.15. The molecule has 2 N–H and O–H groups in total. The van der Waals surface area contributed by atoms with Crippen molar-refractivity contribution in [1.29, 1.82) is 0 Å². The molecule has 0 fully saturated rings.